The summed E-state index contributed by atoms with van der Waals surface area (Å²) in [5.74, 6) is 0. The molecule has 1 heterocycles. The van der Waals surface area contributed by atoms with Crippen LogP contribution < -0.4 is 0 Å². The summed E-state index contributed by atoms with van der Waals surface area (Å²) in [6.07, 6.45) is 1.53. The van der Waals surface area contributed by atoms with Crippen LogP contribution in [0.15, 0.2) is 24.3 Å². The molecule has 1 aliphatic heterocycles. The van der Waals surface area contributed by atoms with Crippen LogP contribution in [0, 0.1) is 0 Å². The zero-order chi connectivity index (χ0) is 14.5. The fraction of sp³-hybridized carbons (Fsp3) is 0.625. The number of nitrogens with zero attached hydrogens (tertiary/aromatic N) is 2. The highest BCUT2D eigenvalue weighted by Crippen LogP contribution is 2.21. The predicted octanol–water partition coefficient (Wildman–Crippen LogP) is 2.79. The van der Waals surface area contributed by atoms with Gasteiger partial charge in [-0.3, -0.25) is 4.90 Å². The Morgan fingerprint density at radius 3 is 2.95 bits per heavy atom. The van der Waals surface area contributed by atoms with Crippen LogP contribution in [0.5, 0.6) is 0 Å². The van der Waals surface area contributed by atoms with Crippen molar-refractivity contribution in [1.29, 1.82) is 0 Å². The van der Waals surface area contributed by atoms with Crippen LogP contribution in [-0.4, -0.2) is 54.2 Å². The summed E-state index contributed by atoms with van der Waals surface area (Å²) in [5.41, 5.74) is 0.914. The van der Waals surface area contributed by atoms with Crippen LogP contribution in [0.2, 0.25) is 5.02 Å². The molecule has 1 fully saturated rings. The van der Waals surface area contributed by atoms with Gasteiger partial charge in [0, 0.05) is 24.2 Å². The molecule has 2 rings (SSSR count). The fourth-order valence-corrected chi connectivity index (χ4v) is 3.12. The maximum Gasteiger partial charge on any atom is 0.0802 e. The summed E-state index contributed by atoms with van der Waals surface area (Å²) in [6.45, 7) is 6.59. The van der Waals surface area contributed by atoms with E-state index < -0.39 is 6.10 Å². The van der Waals surface area contributed by atoms with E-state index in [0.29, 0.717) is 11.1 Å². The number of hydrogen-bond donors (Lipinski definition) is 1. The van der Waals surface area contributed by atoms with Crippen LogP contribution in [0.3, 0.4) is 0 Å². The van der Waals surface area contributed by atoms with E-state index >= 15 is 0 Å². The maximum atomic E-state index is 10.3. The molecule has 2 atom stereocenters. The van der Waals surface area contributed by atoms with Crippen molar-refractivity contribution in [3.05, 3.63) is 34.9 Å². The summed E-state index contributed by atoms with van der Waals surface area (Å²) in [6, 6.07) is 8.07. The van der Waals surface area contributed by atoms with Gasteiger partial charge in [0.1, 0.15) is 0 Å². The average Bonchev–Trinajstić information content (AvgIpc) is 2.57. The van der Waals surface area contributed by atoms with Gasteiger partial charge in [-0.15, -0.1) is 0 Å². The molecule has 20 heavy (non-hydrogen) atoms. The molecule has 1 aliphatic rings. The van der Waals surface area contributed by atoms with Crippen molar-refractivity contribution < 1.29 is 5.11 Å². The number of aliphatic hydroxyl groups is 1. The minimum absolute atomic E-state index is 0.429. The Morgan fingerprint density at radius 2 is 2.20 bits per heavy atom. The van der Waals surface area contributed by atoms with Gasteiger partial charge in [0.05, 0.1) is 6.10 Å². The minimum Gasteiger partial charge on any atom is -0.388 e. The topological polar surface area (TPSA) is 26.7 Å². The molecule has 0 saturated carbocycles. The van der Waals surface area contributed by atoms with Crippen molar-refractivity contribution in [2.45, 2.75) is 31.9 Å². The molecule has 1 N–H and O–H groups in total. The molecule has 2 unspecified atom stereocenters. The first-order chi connectivity index (χ1) is 9.56. The average molecular weight is 297 g/mol. The molecule has 0 spiro atoms. The number of likely N-dealkylation sites (N-methyl/N-ethyl adjacent to an activating group) is 1. The molecule has 1 saturated heterocycles. The lowest BCUT2D eigenvalue weighted by molar-refractivity contribution is 0.127. The van der Waals surface area contributed by atoms with E-state index in [1.54, 1.807) is 0 Å². The van der Waals surface area contributed by atoms with Crippen molar-refractivity contribution in [3.63, 3.8) is 0 Å². The quantitative estimate of drug-likeness (QED) is 0.925. The second-order valence-electron chi connectivity index (χ2n) is 5.86. The van der Waals surface area contributed by atoms with Gasteiger partial charge in [-0.05, 0) is 57.6 Å². The van der Waals surface area contributed by atoms with Gasteiger partial charge >= 0.3 is 0 Å². The lowest BCUT2D eigenvalue weighted by Gasteiger charge is -2.28. The Morgan fingerprint density at radius 1 is 1.40 bits per heavy atom. The predicted molar refractivity (Wildman–Crippen MR) is 84.2 cm³/mol. The lowest BCUT2D eigenvalue weighted by atomic mass is 10.1. The van der Waals surface area contributed by atoms with Gasteiger partial charge in [-0.2, -0.15) is 0 Å². The molecular weight excluding hydrogens is 272 g/mol. The Labute approximate surface area is 127 Å². The molecule has 1 aromatic rings. The second-order valence-corrected chi connectivity index (χ2v) is 6.30. The zero-order valence-corrected chi connectivity index (χ0v) is 13.2. The number of halogens is 1. The Bertz CT molecular complexity index is 427. The highest BCUT2D eigenvalue weighted by atomic mass is 35.5. The molecule has 4 heteroatoms. The monoisotopic (exact) mass is 296 g/mol. The first kappa shape index (κ1) is 15.8. The van der Waals surface area contributed by atoms with E-state index in [9.17, 15) is 5.11 Å². The van der Waals surface area contributed by atoms with Crippen LogP contribution in [-0.2, 0) is 0 Å². The van der Waals surface area contributed by atoms with Crippen LogP contribution in [0.25, 0.3) is 0 Å². The lowest BCUT2D eigenvalue weighted by Crippen LogP contribution is -2.38. The number of rotatable bonds is 4. The molecular formula is C16H25ClN2O. The Hall–Kier alpha value is -0.610. The minimum atomic E-state index is -0.429. The molecule has 0 amide bonds. The molecule has 0 aliphatic carbocycles. The molecule has 3 nitrogen and oxygen atoms in total. The van der Waals surface area contributed by atoms with Crippen molar-refractivity contribution in [2.75, 3.05) is 33.2 Å². The van der Waals surface area contributed by atoms with Gasteiger partial charge in [0.2, 0.25) is 0 Å². The number of hydrogen-bond acceptors (Lipinski definition) is 3. The van der Waals surface area contributed by atoms with E-state index in [0.717, 1.165) is 38.2 Å². The largest absolute Gasteiger partial charge is 0.388 e. The van der Waals surface area contributed by atoms with Crippen LogP contribution in [0.4, 0.5) is 0 Å². The van der Waals surface area contributed by atoms with Crippen molar-refractivity contribution in [1.82, 2.24) is 9.80 Å². The normalized spacial score (nSPS) is 23.5. The SMILES string of the molecule is CC1CN(C)CCCN1CCC(O)c1cccc(Cl)c1. The van der Waals surface area contributed by atoms with Gasteiger partial charge < -0.3 is 10.0 Å². The van der Waals surface area contributed by atoms with E-state index in [-0.39, 0.29) is 0 Å². The third-order valence-corrected chi connectivity index (χ3v) is 4.34. The van der Waals surface area contributed by atoms with E-state index in [1.165, 1.54) is 6.42 Å². The van der Waals surface area contributed by atoms with Crippen LogP contribution >= 0.6 is 11.6 Å². The standard InChI is InChI=1S/C16H25ClN2O/c1-13-12-18(2)8-4-9-19(13)10-7-16(20)14-5-3-6-15(17)11-14/h3,5-6,11,13,16,20H,4,7-10,12H2,1-2H3. The third kappa shape index (κ3) is 4.45. The molecule has 0 aromatic heterocycles. The highest BCUT2D eigenvalue weighted by Gasteiger charge is 2.20. The third-order valence-electron chi connectivity index (χ3n) is 4.11. The van der Waals surface area contributed by atoms with E-state index in [2.05, 4.69) is 23.8 Å². The zero-order valence-electron chi connectivity index (χ0n) is 12.4. The first-order valence-electron chi connectivity index (χ1n) is 7.42. The van der Waals surface area contributed by atoms with Crippen molar-refractivity contribution in [2.24, 2.45) is 0 Å². The van der Waals surface area contributed by atoms with Crippen molar-refractivity contribution >= 4 is 11.6 Å². The van der Waals surface area contributed by atoms with Crippen LogP contribution in [0.1, 0.15) is 31.4 Å². The number of aliphatic hydroxyl groups excluding tert-OH is 1. The first-order valence-corrected chi connectivity index (χ1v) is 7.80. The maximum absolute atomic E-state index is 10.3. The van der Waals surface area contributed by atoms with E-state index in [1.807, 2.05) is 24.3 Å². The van der Waals surface area contributed by atoms with Gasteiger partial charge in [0.25, 0.3) is 0 Å². The summed E-state index contributed by atoms with van der Waals surface area (Å²) in [4.78, 5) is 4.87. The fourth-order valence-electron chi connectivity index (χ4n) is 2.92. The van der Waals surface area contributed by atoms with Gasteiger partial charge in [-0.25, -0.2) is 0 Å². The molecule has 0 bridgehead atoms. The Balaban J connectivity index is 1.87. The summed E-state index contributed by atoms with van der Waals surface area (Å²) in [5, 5.41) is 11.0. The second kappa shape index (κ2) is 7.41. The smallest absolute Gasteiger partial charge is 0.0802 e. The van der Waals surface area contributed by atoms with Gasteiger partial charge in [-0.1, -0.05) is 23.7 Å². The van der Waals surface area contributed by atoms with Gasteiger partial charge in [0.15, 0.2) is 0 Å². The summed E-state index contributed by atoms with van der Waals surface area (Å²) >= 11 is 5.97. The van der Waals surface area contributed by atoms with E-state index in [4.69, 9.17) is 11.6 Å². The Kier molecular flexibility index (Phi) is 5.85. The highest BCUT2D eigenvalue weighted by molar-refractivity contribution is 6.30. The summed E-state index contributed by atoms with van der Waals surface area (Å²) < 4.78 is 0. The summed E-state index contributed by atoms with van der Waals surface area (Å²) in [7, 11) is 2.18. The molecule has 112 valence electrons. The molecule has 1 aromatic carbocycles. The van der Waals surface area contributed by atoms with Crippen molar-refractivity contribution in [3.8, 4) is 0 Å². The number of benzene rings is 1. The molecule has 0 radical (unpaired) electrons.